The van der Waals surface area contributed by atoms with Crippen molar-refractivity contribution in [3.8, 4) is 11.5 Å². The average molecular weight is 250 g/mol. The fourth-order valence-corrected chi connectivity index (χ4v) is 1.49. The Balaban J connectivity index is 2.36. The van der Waals surface area contributed by atoms with Crippen molar-refractivity contribution in [1.82, 2.24) is 4.98 Å². The summed E-state index contributed by atoms with van der Waals surface area (Å²) in [6.45, 7) is 2.01. The van der Waals surface area contributed by atoms with E-state index < -0.39 is 11.6 Å². The van der Waals surface area contributed by atoms with Crippen molar-refractivity contribution in [2.24, 2.45) is 5.73 Å². The van der Waals surface area contributed by atoms with Gasteiger partial charge in [-0.3, -0.25) is 4.98 Å². The predicted octanol–water partition coefficient (Wildman–Crippen LogP) is 2.92. The standard InChI is InChI=1S/C13H12F2N2O/c1-8-4-13(9(6-16)7-17-8)18-12-3-2-10(14)5-11(12)15/h2-5,7H,6,16H2,1H3. The minimum Gasteiger partial charge on any atom is -0.454 e. The fraction of sp³-hybridized carbons (Fsp3) is 0.154. The SMILES string of the molecule is Cc1cc(Oc2ccc(F)cc2F)c(CN)cn1. The van der Waals surface area contributed by atoms with Gasteiger partial charge in [0, 0.05) is 36.1 Å². The fourth-order valence-electron chi connectivity index (χ4n) is 1.49. The second kappa shape index (κ2) is 5.10. The second-order valence-electron chi connectivity index (χ2n) is 3.81. The minimum atomic E-state index is -0.757. The molecular formula is C13H12F2N2O. The van der Waals surface area contributed by atoms with Crippen LogP contribution in [0.1, 0.15) is 11.3 Å². The van der Waals surface area contributed by atoms with Crippen LogP contribution in [-0.2, 0) is 6.54 Å². The highest BCUT2D eigenvalue weighted by Crippen LogP contribution is 2.27. The van der Waals surface area contributed by atoms with E-state index in [0.29, 0.717) is 11.3 Å². The van der Waals surface area contributed by atoms with Gasteiger partial charge in [0.05, 0.1) is 0 Å². The topological polar surface area (TPSA) is 48.1 Å². The molecule has 0 aliphatic carbocycles. The van der Waals surface area contributed by atoms with Crippen molar-refractivity contribution in [3.05, 3.63) is 53.4 Å². The number of hydrogen-bond donors (Lipinski definition) is 1. The normalized spacial score (nSPS) is 10.4. The van der Waals surface area contributed by atoms with Gasteiger partial charge in [0.25, 0.3) is 0 Å². The summed E-state index contributed by atoms with van der Waals surface area (Å²) in [7, 11) is 0. The van der Waals surface area contributed by atoms with Crippen molar-refractivity contribution in [2.75, 3.05) is 0 Å². The minimum absolute atomic E-state index is 0.0447. The molecule has 1 aromatic heterocycles. The Kier molecular flexibility index (Phi) is 3.53. The van der Waals surface area contributed by atoms with Crippen LogP contribution in [0.5, 0.6) is 11.5 Å². The number of halogens is 2. The number of hydrogen-bond acceptors (Lipinski definition) is 3. The molecule has 0 saturated carbocycles. The summed E-state index contributed by atoms with van der Waals surface area (Å²) in [5.41, 5.74) is 6.93. The molecule has 2 N–H and O–H groups in total. The van der Waals surface area contributed by atoms with E-state index in [0.717, 1.165) is 17.8 Å². The third-order valence-corrected chi connectivity index (χ3v) is 2.41. The summed E-state index contributed by atoms with van der Waals surface area (Å²) >= 11 is 0. The van der Waals surface area contributed by atoms with Crippen LogP contribution in [0.4, 0.5) is 8.78 Å². The molecule has 2 aromatic rings. The Morgan fingerprint density at radius 1 is 1.22 bits per heavy atom. The molecule has 94 valence electrons. The monoisotopic (exact) mass is 250 g/mol. The molecule has 0 fully saturated rings. The summed E-state index contributed by atoms with van der Waals surface area (Å²) < 4.78 is 31.6. The van der Waals surface area contributed by atoms with Crippen molar-refractivity contribution in [1.29, 1.82) is 0 Å². The molecule has 0 amide bonds. The number of nitrogens with two attached hydrogens (primary N) is 1. The first-order valence-electron chi connectivity index (χ1n) is 5.38. The Morgan fingerprint density at radius 2 is 2.00 bits per heavy atom. The molecule has 0 saturated heterocycles. The van der Waals surface area contributed by atoms with Gasteiger partial charge in [-0.15, -0.1) is 0 Å². The molecule has 0 bridgehead atoms. The smallest absolute Gasteiger partial charge is 0.168 e. The van der Waals surface area contributed by atoms with Gasteiger partial charge in [-0.05, 0) is 19.1 Å². The Morgan fingerprint density at radius 3 is 2.67 bits per heavy atom. The number of rotatable bonds is 3. The molecule has 5 heteroatoms. The molecule has 0 aliphatic rings. The first-order chi connectivity index (χ1) is 8.60. The van der Waals surface area contributed by atoms with Gasteiger partial charge < -0.3 is 10.5 Å². The lowest BCUT2D eigenvalue weighted by molar-refractivity contribution is 0.432. The van der Waals surface area contributed by atoms with Crippen LogP contribution in [0.15, 0.2) is 30.5 Å². The van der Waals surface area contributed by atoms with E-state index in [9.17, 15) is 8.78 Å². The van der Waals surface area contributed by atoms with Crippen molar-refractivity contribution < 1.29 is 13.5 Å². The third-order valence-electron chi connectivity index (χ3n) is 2.41. The van der Waals surface area contributed by atoms with Gasteiger partial charge >= 0.3 is 0 Å². The zero-order valence-corrected chi connectivity index (χ0v) is 9.78. The van der Waals surface area contributed by atoms with Crippen LogP contribution in [0.25, 0.3) is 0 Å². The number of nitrogens with zero attached hydrogens (tertiary/aromatic N) is 1. The Labute approximate surface area is 103 Å². The summed E-state index contributed by atoms with van der Waals surface area (Å²) in [4.78, 5) is 4.08. The number of aryl methyl sites for hydroxylation is 1. The number of benzene rings is 1. The summed E-state index contributed by atoms with van der Waals surface area (Å²) in [6.07, 6.45) is 1.58. The maximum atomic E-state index is 13.5. The summed E-state index contributed by atoms with van der Waals surface area (Å²) in [5.74, 6) is -1.02. The van der Waals surface area contributed by atoms with Gasteiger partial charge in [-0.25, -0.2) is 8.78 Å². The van der Waals surface area contributed by atoms with Crippen molar-refractivity contribution in [2.45, 2.75) is 13.5 Å². The van der Waals surface area contributed by atoms with Crippen LogP contribution in [-0.4, -0.2) is 4.98 Å². The molecular weight excluding hydrogens is 238 g/mol. The molecule has 1 aromatic carbocycles. The highest BCUT2D eigenvalue weighted by molar-refractivity contribution is 5.38. The number of pyridine rings is 1. The molecule has 18 heavy (non-hydrogen) atoms. The lowest BCUT2D eigenvalue weighted by Gasteiger charge is -2.11. The van der Waals surface area contributed by atoms with Gasteiger partial charge in [-0.2, -0.15) is 0 Å². The Bertz CT molecular complexity index is 573. The van der Waals surface area contributed by atoms with E-state index in [1.54, 1.807) is 19.2 Å². The lowest BCUT2D eigenvalue weighted by Crippen LogP contribution is -2.01. The maximum Gasteiger partial charge on any atom is 0.168 e. The van der Waals surface area contributed by atoms with E-state index in [2.05, 4.69) is 4.98 Å². The highest BCUT2D eigenvalue weighted by Gasteiger charge is 2.09. The zero-order chi connectivity index (χ0) is 13.1. The van der Waals surface area contributed by atoms with Crippen LogP contribution >= 0.6 is 0 Å². The van der Waals surface area contributed by atoms with Gasteiger partial charge in [-0.1, -0.05) is 0 Å². The Hall–Kier alpha value is -2.01. The number of ether oxygens (including phenoxy) is 1. The molecule has 1 heterocycles. The second-order valence-corrected chi connectivity index (χ2v) is 3.81. The molecule has 0 aliphatic heterocycles. The predicted molar refractivity (Wildman–Crippen MR) is 63.3 cm³/mol. The van der Waals surface area contributed by atoms with Gasteiger partial charge in [0.2, 0.25) is 0 Å². The zero-order valence-electron chi connectivity index (χ0n) is 9.78. The van der Waals surface area contributed by atoms with Crippen LogP contribution in [0.2, 0.25) is 0 Å². The van der Waals surface area contributed by atoms with E-state index in [1.165, 1.54) is 6.07 Å². The van der Waals surface area contributed by atoms with Crippen LogP contribution < -0.4 is 10.5 Å². The first kappa shape index (κ1) is 12.4. The van der Waals surface area contributed by atoms with Crippen molar-refractivity contribution in [3.63, 3.8) is 0 Å². The van der Waals surface area contributed by atoms with E-state index in [4.69, 9.17) is 10.5 Å². The van der Waals surface area contributed by atoms with E-state index >= 15 is 0 Å². The quantitative estimate of drug-likeness (QED) is 0.911. The summed E-state index contributed by atoms with van der Waals surface area (Å²) in [6, 6.07) is 4.80. The van der Waals surface area contributed by atoms with Crippen LogP contribution in [0.3, 0.4) is 0 Å². The number of aromatic nitrogens is 1. The van der Waals surface area contributed by atoms with E-state index in [1.807, 2.05) is 0 Å². The lowest BCUT2D eigenvalue weighted by atomic mass is 10.2. The van der Waals surface area contributed by atoms with E-state index in [-0.39, 0.29) is 12.3 Å². The molecule has 0 atom stereocenters. The van der Waals surface area contributed by atoms with Gasteiger partial charge in [0.1, 0.15) is 11.6 Å². The largest absolute Gasteiger partial charge is 0.454 e. The molecule has 0 spiro atoms. The molecule has 3 nitrogen and oxygen atoms in total. The average Bonchev–Trinajstić information content (AvgIpc) is 2.33. The first-order valence-corrected chi connectivity index (χ1v) is 5.38. The maximum absolute atomic E-state index is 13.5. The van der Waals surface area contributed by atoms with Gasteiger partial charge in [0.15, 0.2) is 11.6 Å². The summed E-state index contributed by atoms with van der Waals surface area (Å²) in [5, 5.41) is 0. The third kappa shape index (κ3) is 2.62. The van der Waals surface area contributed by atoms with Crippen LogP contribution in [0, 0.1) is 18.6 Å². The molecule has 0 unspecified atom stereocenters. The van der Waals surface area contributed by atoms with Crippen molar-refractivity contribution >= 4 is 0 Å². The highest BCUT2D eigenvalue weighted by atomic mass is 19.1. The molecule has 2 rings (SSSR count). The molecule has 0 radical (unpaired) electrons.